The molecule has 4 rings (SSSR count). The van der Waals surface area contributed by atoms with Crippen molar-refractivity contribution in [2.75, 3.05) is 13.7 Å². The van der Waals surface area contributed by atoms with E-state index in [2.05, 4.69) is 0 Å². The molecule has 204 valence electrons. The molecule has 38 heavy (non-hydrogen) atoms. The lowest BCUT2D eigenvalue weighted by molar-refractivity contribution is -0.278. The molecular formula is C26H28O12. The Morgan fingerprint density at radius 1 is 1.00 bits per heavy atom. The first-order chi connectivity index (χ1) is 18.1. The van der Waals surface area contributed by atoms with Crippen molar-refractivity contribution < 1.29 is 53.7 Å². The summed E-state index contributed by atoms with van der Waals surface area (Å²) in [6.45, 7) is 1.41. The van der Waals surface area contributed by atoms with Gasteiger partial charge in [-0.15, -0.1) is 0 Å². The molecule has 0 bridgehead atoms. The fraction of sp³-hybridized carbons (Fsp3) is 0.385. The van der Waals surface area contributed by atoms with Gasteiger partial charge in [-0.1, -0.05) is 6.92 Å². The van der Waals surface area contributed by atoms with Crippen molar-refractivity contribution in [1.29, 1.82) is 0 Å². The van der Waals surface area contributed by atoms with Crippen LogP contribution in [-0.2, 0) is 14.3 Å². The smallest absolute Gasteiger partial charge is 0.305 e. The van der Waals surface area contributed by atoms with Gasteiger partial charge in [0.05, 0.1) is 7.11 Å². The Morgan fingerprint density at radius 3 is 2.47 bits per heavy atom. The van der Waals surface area contributed by atoms with Gasteiger partial charge in [0.2, 0.25) is 6.29 Å². The van der Waals surface area contributed by atoms with Gasteiger partial charge in [-0.05, 0) is 24.6 Å². The standard InChI is InChI=1S/C26H28O12/c1-3-4-21(30)35-11-20-23(31)24(32)25(33)26(38-20)36-13-8-15(28)22-16(29)10-17(37-19(22)9-13)12-5-6-14(27)18(7-12)34-2/h5-10,20,23-28,31-33H,3-4,11H2,1-2H3/t20-,23-,24+,25-,26-/m1/s1. The topological polar surface area (TPSA) is 185 Å². The molecule has 12 nitrogen and oxygen atoms in total. The molecule has 1 aliphatic rings. The Labute approximate surface area is 216 Å². The van der Waals surface area contributed by atoms with Crippen LogP contribution in [0.5, 0.6) is 23.0 Å². The average Bonchev–Trinajstić information content (AvgIpc) is 2.88. The van der Waals surface area contributed by atoms with Crippen LogP contribution in [0.4, 0.5) is 0 Å². The number of carbonyl (C=O) groups excluding carboxylic acids is 1. The van der Waals surface area contributed by atoms with Gasteiger partial charge in [-0.3, -0.25) is 9.59 Å². The van der Waals surface area contributed by atoms with E-state index in [4.69, 9.17) is 23.4 Å². The van der Waals surface area contributed by atoms with E-state index in [1.807, 2.05) is 0 Å². The molecule has 0 amide bonds. The van der Waals surface area contributed by atoms with E-state index in [-0.39, 0.29) is 47.0 Å². The maximum atomic E-state index is 12.8. The van der Waals surface area contributed by atoms with E-state index in [1.54, 1.807) is 6.92 Å². The number of ether oxygens (including phenoxy) is 4. The van der Waals surface area contributed by atoms with Crippen molar-refractivity contribution in [3.63, 3.8) is 0 Å². The molecule has 1 aromatic heterocycles. The van der Waals surface area contributed by atoms with E-state index >= 15 is 0 Å². The minimum absolute atomic E-state index is 0.0644. The third kappa shape index (κ3) is 5.53. The predicted octanol–water partition coefficient (Wildman–Crippen LogP) is 1.41. The lowest BCUT2D eigenvalue weighted by Gasteiger charge is -2.39. The molecule has 0 unspecified atom stereocenters. The van der Waals surface area contributed by atoms with Crippen LogP contribution in [0, 0.1) is 0 Å². The summed E-state index contributed by atoms with van der Waals surface area (Å²) in [5, 5.41) is 51.1. The van der Waals surface area contributed by atoms with Gasteiger partial charge in [0.15, 0.2) is 16.9 Å². The minimum Gasteiger partial charge on any atom is -0.507 e. The number of aliphatic hydroxyl groups excluding tert-OH is 3. The van der Waals surface area contributed by atoms with E-state index in [0.717, 1.165) is 6.07 Å². The van der Waals surface area contributed by atoms with Gasteiger partial charge in [0.1, 0.15) is 59.3 Å². The fourth-order valence-corrected chi connectivity index (χ4v) is 4.02. The lowest BCUT2D eigenvalue weighted by atomic mass is 9.99. The second-order valence-corrected chi connectivity index (χ2v) is 8.74. The largest absolute Gasteiger partial charge is 0.507 e. The molecule has 2 aromatic carbocycles. The highest BCUT2D eigenvalue weighted by Gasteiger charge is 2.45. The number of rotatable bonds is 8. The summed E-state index contributed by atoms with van der Waals surface area (Å²) in [6, 6.07) is 7.89. The highest BCUT2D eigenvalue weighted by atomic mass is 16.7. The maximum absolute atomic E-state index is 12.8. The molecule has 5 atom stereocenters. The van der Waals surface area contributed by atoms with Crippen LogP contribution in [0.2, 0.25) is 0 Å². The van der Waals surface area contributed by atoms with Gasteiger partial charge in [0.25, 0.3) is 0 Å². The zero-order valence-electron chi connectivity index (χ0n) is 20.6. The molecule has 3 aromatic rings. The number of methoxy groups -OCH3 is 1. The summed E-state index contributed by atoms with van der Waals surface area (Å²) in [7, 11) is 1.37. The van der Waals surface area contributed by atoms with Crippen LogP contribution >= 0.6 is 0 Å². The Hall–Kier alpha value is -3.84. The van der Waals surface area contributed by atoms with Crippen molar-refractivity contribution in [2.45, 2.75) is 50.5 Å². The van der Waals surface area contributed by atoms with E-state index in [1.165, 1.54) is 37.4 Å². The summed E-state index contributed by atoms with van der Waals surface area (Å²) in [6.07, 6.45) is -6.97. The van der Waals surface area contributed by atoms with Crippen LogP contribution in [0.1, 0.15) is 19.8 Å². The molecule has 1 aliphatic heterocycles. The molecule has 1 fully saturated rings. The third-order valence-corrected chi connectivity index (χ3v) is 6.03. The van der Waals surface area contributed by atoms with E-state index in [9.17, 15) is 35.1 Å². The number of hydrogen-bond acceptors (Lipinski definition) is 12. The first-order valence-corrected chi connectivity index (χ1v) is 11.8. The first-order valence-electron chi connectivity index (χ1n) is 11.8. The normalized spacial score (nSPS) is 23.2. The van der Waals surface area contributed by atoms with Gasteiger partial charge in [0, 0.05) is 30.2 Å². The summed E-state index contributed by atoms with van der Waals surface area (Å²) in [5.41, 5.74) is -0.211. The number of hydrogen-bond donors (Lipinski definition) is 5. The predicted molar refractivity (Wildman–Crippen MR) is 131 cm³/mol. The van der Waals surface area contributed by atoms with Crippen LogP contribution in [-0.4, -0.2) is 75.9 Å². The Balaban J connectivity index is 1.62. The molecule has 0 aliphatic carbocycles. The van der Waals surface area contributed by atoms with Crippen LogP contribution in [0.25, 0.3) is 22.3 Å². The summed E-state index contributed by atoms with van der Waals surface area (Å²) < 4.78 is 27.2. The SMILES string of the molecule is CCCC(=O)OC[C@H]1O[C@@H](Oc2cc(O)c3c(=O)cc(-c4ccc(O)c(OC)c4)oc3c2)[C@H](O)[C@@H](O)[C@@H]1O. The average molecular weight is 532 g/mol. The van der Waals surface area contributed by atoms with Gasteiger partial charge >= 0.3 is 5.97 Å². The number of aromatic hydroxyl groups is 2. The van der Waals surface area contributed by atoms with Crippen molar-refractivity contribution in [3.8, 4) is 34.3 Å². The highest BCUT2D eigenvalue weighted by molar-refractivity contribution is 5.86. The van der Waals surface area contributed by atoms with E-state index < -0.39 is 47.9 Å². The van der Waals surface area contributed by atoms with Crippen molar-refractivity contribution >= 4 is 16.9 Å². The molecule has 1 saturated heterocycles. The van der Waals surface area contributed by atoms with Gasteiger partial charge in [-0.25, -0.2) is 0 Å². The fourth-order valence-electron chi connectivity index (χ4n) is 4.02. The lowest BCUT2D eigenvalue weighted by Crippen LogP contribution is -2.60. The van der Waals surface area contributed by atoms with Crippen LogP contribution in [0.15, 0.2) is 45.6 Å². The Bertz CT molecular complexity index is 1370. The second-order valence-electron chi connectivity index (χ2n) is 8.74. The molecule has 5 N–H and O–H groups in total. The highest BCUT2D eigenvalue weighted by Crippen LogP contribution is 2.35. The number of phenolic OH excluding ortho intramolecular Hbond substituents is 2. The third-order valence-electron chi connectivity index (χ3n) is 6.03. The van der Waals surface area contributed by atoms with Gasteiger partial charge in [-0.2, -0.15) is 0 Å². The zero-order chi connectivity index (χ0) is 27.6. The van der Waals surface area contributed by atoms with E-state index in [0.29, 0.717) is 12.0 Å². The first kappa shape index (κ1) is 27.2. The summed E-state index contributed by atoms with van der Waals surface area (Å²) in [4.78, 5) is 24.5. The zero-order valence-corrected chi connectivity index (χ0v) is 20.6. The Morgan fingerprint density at radius 2 is 1.76 bits per heavy atom. The number of aliphatic hydroxyl groups is 3. The molecular weight excluding hydrogens is 504 g/mol. The summed E-state index contributed by atoms with van der Waals surface area (Å²) in [5.74, 6) is -0.921. The Kier molecular flexibility index (Phi) is 8.07. The number of phenols is 2. The minimum atomic E-state index is -1.70. The number of carbonyl (C=O) groups is 1. The van der Waals surface area contributed by atoms with Crippen molar-refractivity contribution in [2.24, 2.45) is 0 Å². The van der Waals surface area contributed by atoms with Gasteiger partial charge < -0.3 is 48.9 Å². The number of benzene rings is 2. The van der Waals surface area contributed by atoms with Crippen molar-refractivity contribution in [1.82, 2.24) is 0 Å². The summed E-state index contributed by atoms with van der Waals surface area (Å²) >= 11 is 0. The second kappa shape index (κ2) is 11.3. The van der Waals surface area contributed by atoms with Crippen molar-refractivity contribution in [3.05, 3.63) is 46.6 Å². The molecule has 12 heteroatoms. The number of fused-ring (bicyclic) bond motifs is 1. The molecule has 0 radical (unpaired) electrons. The maximum Gasteiger partial charge on any atom is 0.305 e. The quantitative estimate of drug-likeness (QED) is 0.263. The number of esters is 1. The molecule has 0 saturated carbocycles. The molecule has 0 spiro atoms. The van der Waals surface area contributed by atoms with Crippen LogP contribution in [0.3, 0.4) is 0 Å². The van der Waals surface area contributed by atoms with Crippen LogP contribution < -0.4 is 14.9 Å². The molecule has 2 heterocycles. The monoisotopic (exact) mass is 532 g/mol.